The lowest BCUT2D eigenvalue weighted by Crippen LogP contribution is -2.46. The van der Waals surface area contributed by atoms with Gasteiger partial charge < -0.3 is 14.8 Å². The molecule has 0 bridgehead atoms. The van der Waals surface area contributed by atoms with Crippen LogP contribution in [0.15, 0.2) is 0 Å². The fourth-order valence-electron chi connectivity index (χ4n) is 1.79. The Morgan fingerprint density at radius 2 is 2.00 bits per heavy atom. The summed E-state index contributed by atoms with van der Waals surface area (Å²) in [6.45, 7) is 11.8. The maximum Gasteiger partial charge on any atom is 0.0779 e. The highest BCUT2D eigenvalue weighted by molar-refractivity contribution is 4.82. The van der Waals surface area contributed by atoms with Crippen molar-refractivity contribution in [1.82, 2.24) is 5.32 Å². The highest BCUT2D eigenvalue weighted by Crippen LogP contribution is 2.19. The predicted octanol–water partition coefficient (Wildman–Crippen LogP) is 1.96. The molecule has 1 heterocycles. The van der Waals surface area contributed by atoms with E-state index in [-0.39, 0.29) is 11.2 Å². The number of hydrogen-bond acceptors (Lipinski definition) is 3. The number of ether oxygens (including phenoxy) is 2. The Balaban J connectivity index is 2.13. The third-order valence-corrected chi connectivity index (χ3v) is 2.63. The summed E-state index contributed by atoms with van der Waals surface area (Å²) >= 11 is 0. The van der Waals surface area contributed by atoms with Crippen LogP contribution in [-0.4, -0.2) is 37.5 Å². The maximum atomic E-state index is 5.88. The van der Waals surface area contributed by atoms with Crippen LogP contribution in [-0.2, 0) is 9.47 Å². The first-order valence-corrected chi connectivity index (χ1v) is 5.90. The molecule has 1 aliphatic heterocycles. The summed E-state index contributed by atoms with van der Waals surface area (Å²) in [6, 6.07) is 0. The van der Waals surface area contributed by atoms with Gasteiger partial charge in [-0.3, -0.25) is 0 Å². The second-order valence-corrected chi connectivity index (χ2v) is 5.54. The van der Waals surface area contributed by atoms with Gasteiger partial charge in [0.05, 0.1) is 24.4 Å². The van der Waals surface area contributed by atoms with Crippen molar-refractivity contribution in [3.8, 4) is 0 Å². The number of nitrogens with one attached hydrogen (secondary N) is 1. The van der Waals surface area contributed by atoms with Crippen molar-refractivity contribution in [3.05, 3.63) is 0 Å². The third kappa shape index (κ3) is 5.50. The van der Waals surface area contributed by atoms with Crippen molar-refractivity contribution in [3.63, 3.8) is 0 Å². The van der Waals surface area contributed by atoms with Crippen molar-refractivity contribution in [2.24, 2.45) is 0 Å². The molecule has 1 fully saturated rings. The minimum atomic E-state index is -0.0604. The topological polar surface area (TPSA) is 30.5 Å². The van der Waals surface area contributed by atoms with Crippen molar-refractivity contribution in [2.45, 2.75) is 51.7 Å². The van der Waals surface area contributed by atoms with Crippen LogP contribution in [0, 0.1) is 0 Å². The zero-order valence-corrected chi connectivity index (χ0v) is 10.6. The summed E-state index contributed by atoms with van der Waals surface area (Å²) < 4.78 is 11.5. The van der Waals surface area contributed by atoms with Gasteiger partial charge in [0.2, 0.25) is 0 Å². The summed E-state index contributed by atoms with van der Waals surface area (Å²) in [5.41, 5.74) is -0.0470. The molecule has 0 saturated carbocycles. The fraction of sp³-hybridized carbons (Fsp3) is 1.00. The zero-order chi connectivity index (χ0) is 11.4. The van der Waals surface area contributed by atoms with Crippen molar-refractivity contribution in [2.75, 3.05) is 26.3 Å². The Morgan fingerprint density at radius 1 is 1.27 bits per heavy atom. The van der Waals surface area contributed by atoms with Crippen LogP contribution in [0.2, 0.25) is 0 Å². The SMILES string of the molecule is CC(C)(C)OCCOC1(C)CCCNC1. The molecule has 0 radical (unpaired) electrons. The monoisotopic (exact) mass is 215 g/mol. The van der Waals surface area contributed by atoms with E-state index in [4.69, 9.17) is 9.47 Å². The largest absolute Gasteiger partial charge is 0.373 e. The average molecular weight is 215 g/mol. The van der Waals surface area contributed by atoms with Crippen LogP contribution in [0.5, 0.6) is 0 Å². The van der Waals surface area contributed by atoms with E-state index in [0.717, 1.165) is 19.5 Å². The Kier molecular flexibility index (Phi) is 4.56. The van der Waals surface area contributed by atoms with E-state index in [0.29, 0.717) is 13.2 Å². The molecule has 0 spiro atoms. The van der Waals surface area contributed by atoms with Crippen molar-refractivity contribution < 1.29 is 9.47 Å². The van der Waals surface area contributed by atoms with Gasteiger partial charge in [-0.2, -0.15) is 0 Å². The van der Waals surface area contributed by atoms with Crippen LogP contribution >= 0.6 is 0 Å². The van der Waals surface area contributed by atoms with E-state index in [1.165, 1.54) is 6.42 Å². The highest BCUT2D eigenvalue weighted by atomic mass is 16.5. The predicted molar refractivity (Wildman–Crippen MR) is 62.2 cm³/mol. The van der Waals surface area contributed by atoms with Crippen LogP contribution in [0.3, 0.4) is 0 Å². The van der Waals surface area contributed by atoms with Gasteiger partial charge >= 0.3 is 0 Å². The number of rotatable bonds is 4. The average Bonchev–Trinajstić information content (AvgIpc) is 2.12. The first-order chi connectivity index (χ1) is 6.91. The third-order valence-electron chi connectivity index (χ3n) is 2.63. The Labute approximate surface area is 93.5 Å². The lowest BCUT2D eigenvalue weighted by molar-refractivity contribution is -0.0921. The molecule has 1 atom stereocenters. The Morgan fingerprint density at radius 3 is 2.53 bits per heavy atom. The van der Waals surface area contributed by atoms with Crippen LogP contribution < -0.4 is 5.32 Å². The molecule has 0 aromatic heterocycles. The van der Waals surface area contributed by atoms with E-state index in [1.807, 2.05) is 0 Å². The molecule has 0 amide bonds. The maximum absolute atomic E-state index is 5.88. The number of hydrogen-bond donors (Lipinski definition) is 1. The standard InChI is InChI=1S/C12H25NO2/c1-11(2,3)14-8-9-15-12(4)6-5-7-13-10-12/h13H,5-10H2,1-4H3. The van der Waals surface area contributed by atoms with Gasteiger partial charge in [-0.1, -0.05) is 0 Å². The van der Waals surface area contributed by atoms with E-state index < -0.39 is 0 Å². The van der Waals surface area contributed by atoms with Gasteiger partial charge in [-0.05, 0) is 47.1 Å². The molecule has 3 nitrogen and oxygen atoms in total. The van der Waals surface area contributed by atoms with Gasteiger partial charge in [-0.15, -0.1) is 0 Å². The molecule has 15 heavy (non-hydrogen) atoms. The first kappa shape index (κ1) is 12.9. The summed E-state index contributed by atoms with van der Waals surface area (Å²) in [5.74, 6) is 0. The van der Waals surface area contributed by atoms with Crippen molar-refractivity contribution >= 4 is 0 Å². The molecule has 90 valence electrons. The van der Waals surface area contributed by atoms with E-state index in [1.54, 1.807) is 0 Å². The molecule has 3 heteroatoms. The molecule has 1 N–H and O–H groups in total. The molecule has 0 aromatic carbocycles. The van der Waals surface area contributed by atoms with E-state index >= 15 is 0 Å². The molecule has 1 unspecified atom stereocenters. The summed E-state index contributed by atoms with van der Waals surface area (Å²) in [7, 11) is 0. The Hall–Kier alpha value is -0.120. The molecule has 0 aliphatic carbocycles. The first-order valence-electron chi connectivity index (χ1n) is 5.90. The second-order valence-electron chi connectivity index (χ2n) is 5.54. The quantitative estimate of drug-likeness (QED) is 0.727. The second kappa shape index (κ2) is 5.28. The van der Waals surface area contributed by atoms with Crippen LogP contribution in [0.25, 0.3) is 0 Å². The molecule has 1 rings (SSSR count). The summed E-state index contributed by atoms with van der Waals surface area (Å²) in [4.78, 5) is 0. The normalized spacial score (nSPS) is 28.0. The molecule has 1 aliphatic rings. The lowest BCUT2D eigenvalue weighted by atomic mass is 9.96. The molecular formula is C12H25NO2. The zero-order valence-electron chi connectivity index (χ0n) is 10.6. The summed E-state index contributed by atoms with van der Waals surface area (Å²) in [5, 5.41) is 3.37. The minimum absolute atomic E-state index is 0.0134. The lowest BCUT2D eigenvalue weighted by Gasteiger charge is -2.34. The van der Waals surface area contributed by atoms with E-state index in [9.17, 15) is 0 Å². The molecule has 0 aromatic rings. The summed E-state index contributed by atoms with van der Waals surface area (Å²) in [6.07, 6.45) is 2.35. The fourth-order valence-corrected chi connectivity index (χ4v) is 1.79. The highest BCUT2D eigenvalue weighted by Gasteiger charge is 2.27. The van der Waals surface area contributed by atoms with Gasteiger partial charge in [0.15, 0.2) is 0 Å². The Bertz CT molecular complexity index is 181. The van der Waals surface area contributed by atoms with Crippen molar-refractivity contribution in [1.29, 1.82) is 0 Å². The van der Waals surface area contributed by atoms with Gasteiger partial charge in [0, 0.05) is 6.54 Å². The number of piperidine rings is 1. The van der Waals surface area contributed by atoms with Crippen LogP contribution in [0.1, 0.15) is 40.5 Å². The minimum Gasteiger partial charge on any atom is -0.373 e. The van der Waals surface area contributed by atoms with Gasteiger partial charge in [-0.25, -0.2) is 0 Å². The van der Waals surface area contributed by atoms with Gasteiger partial charge in [0.1, 0.15) is 0 Å². The van der Waals surface area contributed by atoms with Crippen LogP contribution in [0.4, 0.5) is 0 Å². The molecule has 1 saturated heterocycles. The molecular weight excluding hydrogens is 190 g/mol. The smallest absolute Gasteiger partial charge is 0.0779 e. The van der Waals surface area contributed by atoms with E-state index in [2.05, 4.69) is 33.0 Å². The van der Waals surface area contributed by atoms with Gasteiger partial charge in [0.25, 0.3) is 0 Å².